The Balaban J connectivity index is 0. The van der Waals surface area contributed by atoms with E-state index < -0.39 is 0 Å². The Bertz CT molecular complexity index is 155. The van der Waals surface area contributed by atoms with Gasteiger partial charge in [-0.3, -0.25) is 0 Å². The van der Waals surface area contributed by atoms with Gasteiger partial charge in [-0.15, -0.1) is 12.4 Å². The molecule has 1 N–H and O–H groups in total. The SMILES string of the molecule is CNC.Cl.Fc1ccccc1. The molecular formula is C8H13ClFN. The molecule has 1 nitrogen and oxygen atoms in total. The van der Waals surface area contributed by atoms with Crippen molar-refractivity contribution in [1.82, 2.24) is 5.32 Å². The average Bonchev–Trinajstić information content (AvgIpc) is 1.91. The van der Waals surface area contributed by atoms with Crippen LogP contribution >= 0.6 is 12.4 Å². The second-order valence-corrected chi connectivity index (χ2v) is 1.80. The third-order valence-electron chi connectivity index (χ3n) is 0.733. The third kappa shape index (κ3) is 9.40. The zero-order chi connectivity index (χ0) is 7.82. The van der Waals surface area contributed by atoms with E-state index in [1.165, 1.54) is 12.1 Å². The molecule has 1 aromatic carbocycles. The van der Waals surface area contributed by atoms with Gasteiger partial charge in [0.2, 0.25) is 0 Å². The summed E-state index contributed by atoms with van der Waals surface area (Å²) in [6.07, 6.45) is 0. The molecule has 64 valence electrons. The largest absolute Gasteiger partial charge is 0.323 e. The van der Waals surface area contributed by atoms with Crippen molar-refractivity contribution in [1.29, 1.82) is 0 Å². The van der Waals surface area contributed by atoms with Gasteiger partial charge < -0.3 is 5.32 Å². The molecule has 0 amide bonds. The van der Waals surface area contributed by atoms with Gasteiger partial charge in [0.25, 0.3) is 0 Å². The van der Waals surface area contributed by atoms with Gasteiger partial charge >= 0.3 is 0 Å². The monoisotopic (exact) mass is 177 g/mol. The van der Waals surface area contributed by atoms with Gasteiger partial charge in [0.05, 0.1) is 0 Å². The predicted octanol–water partition coefficient (Wildman–Crippen LogP) is 2.08. The molecule has 0 bridgehead atoms. The van der Waals surface area contributed by atoms with E-state index in [2.05, 4.69) is 5.32 Å². The molecule has 0 saturated carbocycles. The van der Waals surface area contributed by atoms with Gasteiger partial charge in [0.1, 0.15) is 5.82 Å². The highest BCUT2D eigenvalue weighted by molar-refractivity contribution is 5.85. The van der Waals surface area contributed by atoms with Crippen LogP contribution < -0.4 is 5.32 Å². The first-order valence-electron chi connectivity index (χ1n) is 3.10. The summed E-state index contributed by atoms with van der Waals surface area (Å²) in [5.41, 5.74) is 0. The molecule has 1 aromatic rings. The second-order valence-electron chi connectivity index (χ2n) is 1.80. The Morgan fingerprint density at radius 3 is 1.64 bits per heavy atom. The van der Waals surface area contributed by atoms with E-state index in [9.17, 15) is 4.39 Å². The van der Waals surface area contributed by atoms with Gasteiger partial charge in [-0.05, 0) is 26.2 Å². The normalized spacial score (nSPS) is 7.18. The minimum absolute atomic E-state index is 0. The van der Waals surface area contributed by atoms with Crippen LogP contribution in [0, 0.1) is 5.82 Å². The first kappa shape index (κ1) is 13.0. The van der Waals surface area contributed by atoms with Crippen molar-refractivity contribution in [3.05, 3.63) is 36.1 Å². The number of benzene rings is 1. The molecule has 0 fully saturated rings. The Kier molecular flexibility index (Phi) is 11.1. The maximum Gasteiger partial charge on any atom is 0.123 e. The highest BCUT2D eigenvalue weighted by Crippen LogP contribution is 1.91. The van der Waals surface area contributed by atoms with Crippen LogP contribution in [0.5, 0.6) is 0 Å². The highest BCUT2D eigenvalue weighted by atomic mass is 35.5. The quantitative estimate of drug-likeness (QED) is 0.640. The summed E-state index contributed by atoms with van der Waals surface area (Å²) in [4.78, 5) is 0. The molecule has 0 aliphatic heterocycles. The molecule has 0 atom stereocenters. The van der Waals surface area contributed by atoms with E-state index in [0.717, 1.165) is 0 Å². The van der Waals surface area contributed by atoms with Gasteiger partial charge in [0.15, 0.2) is 0 Å². The van der Waals surface area contributed by atoms with Crippen molar-refractivity contribution in [2.24, 2.45) is 0 Å². The van der Waals surface area contributed by atoms with Crippen LogP contribution in [0.2, 0.25) is 0 Å². The zero-order valence-electron chi connectivity index (χ0n) is 6.67. The predicted molar refractivity (Wildman–Crippen MR) is 48.6 cm³/mol. The minimum Gasteiger partial charge on any atom is -0.323 e. The molecule has 0 saturated heterocycles. The molecule has 3 heteroatoms. The van der Waals surface area contributed by atoms with Gasteiger partial charge in [-0.25, -0.2) is 4.39 Å². The topological polar surface area (TPSA) is 12.0 Å². The molecule has 1 rings (SSSR count). The maximum absolute atomic E-state index is 11.9. The Hall–Kier alpha value is -0.600. The summed E-state index contributed by atoms with van der Waals surface area (Å²) in [5.74, 6) is -0.178. The first-order chi connectivity index (χ1) is 4.81. The maximum atomic E-state index is 11.9. The van der Waals surface area contributed by atoms with E-state index in [1.54, 1.807) is 18.2 Å². The molecule has 0 spiro atoms. The molecule has 0 aliphatic rings. The fourth-order valence-corrected chi connectivity index (χ4v) is 0.415. The van der Waals surface area contributed by atoms with Crippen LogP contribution in [0.1, 0.15) is 0 Å². The van der Waals surface area contributed by atoms with Crippen LogP contribution in [0.25, 0.3) is 0 Å². The molecule has 0 unspecified atom stereocenters. The standard InChI is InChI=1S/C6H5F.C2H7N.ClH/c7-6-4-2-1-3-5-6;1-3-2;/h1-5H;3H,1-2H3;1H. The lowest BCUT2D eigenvalue weighted by molar-refractivity contribution is 0.628. The van der Waals surface area contributed by atoms with E-state index in [-0.39, 0.29) is 18.2 Å². The van der Waals surface area contributed by atoms with Crippen LogP contribution in [-0.4, -0.2) is 14.1 Å². The van der Waals surface area contributed by atoms with Crippen LogP contribution in [0.15, 0.2) is 30.3 Å². The van der Waals surface area contributed by atoms with Gasteiger partial charge in [0, 0.05) is 0 Å². The lowest BCUT2D eigenvalue weighted by Gasteiger charge is -1.78. The molecular weight excluding hydrogens is 165 g/mol. The van der Waals surface area contributed by atoms with Crippen LogP contribution in [-0.2, 0) is 0 Å². The first-order valence-corrected chi connectivity index (χ1v) is 3.10. The van der Waals surface area contributed by atoms with Crippen molar-refractivity contribution in [2.45, 2.75) is 0 Å². The summed E-state index contributed by atoms with van der Waals surface area (Å²) in [6, 6.07) is 7.94. The summed E-state index contributed by atoms with van der Waals surface area (Å²) < 4.78 is 11.9. The number of nitrogens with one attached hydrogen (secondary N) is 1. The van der Waals surface area contributed by atoms with E-state index >= 15 is 0 Å². The Morgan fingerprint density at radius 2 is 1.45 bits per heavy atom. The average molecular weight is 178 g/mol. The summed E-state index contributed by atoms with van der Waals surface area (Å²) in [5, 5.41) is 2.75. The summed E-state index contributed by atoms with van der Waals surface area (Å²) >= 11 is 0. The Labute approximate surface area is 73.0 Å². The van der Waals surface area contributed by atoms with Crippen molar-refractivity contribution in [3.63, 3.8) is 0 Å². The van der Waals surface area contributed by atoms with Crippen molar-refractivity contribution < 1.29 is 4.39 Å². The highest BCUT2D eigenvalue weighted by Gasteiger charge is 1.77. The lowest BCUT2D eigenvalue weighted by atomic mass is 10.4. The smallest absolute Gasteiger partial charge is 0.123 e. The summed E-state index contributed by atoms with van der Waals surface area (Å²) in [6.45, 7) is 0. The van der Waals surface area contributed by atoms with Crippen molar-refractivity contribution >= 4 is 12.4 Å². The molecule has 0 radical (unpaired) electrons. The van der Waals surface area contributed by atoms with Crippen molar-refractivity contribution in [3.8, 4) is 0 Å². The zero-order valence-corrected chi connectivity index (χ0v) is 7.49. The lowest BCUT2D eigenvalue weighted by Crippen LogP contribution is -1.89. The molecule has 11 heavy (non-hydrogen) atoms. The number of hydrogen-bond donors (Lipinski definition) is 1. The van der Waals surface area contributed by atoms with Crippen LogP contribution in [0.4, 0.5) is 4.39 Å². The second kappa shape index (κ2) is 9.40. The molecule has 0 aliphatic carbocycles. The summed E-state index contributed by atoms with van der Waals surface area (Å²) in [7, 11) is 3.75. The van der Waals surface area contributed by atoms with Crippen LogP contribution in [0.3, 0.4) is 0 Å². The minimum atomic E-state index is -0.178. The van der Waals surface area contributed by atoms with E-state index in [4.69, 9.17) is 0 Å². The third-order valence-corrected chi connectivity index (χ3v) is 0.733. The number of halogens is 2. The fourth-order valence-electron chi connectivity index (χ4n) is 0.415. The fraction of sp³-hybridized carbons (Fsp3) is 0.250. The number of rotatable bonds is 0. The van der Waals surface area contributed by atoms with Gasteiger partial charge in [-0.1, -0.05) is 18.2 Å². The number of hydrogen-bond acceptors (Lipinski definition) is 1. The van der Waals surface area contributed by atoms with Gasteiger partial charge in [-0.2, -0.15) is 0 Å². The molecule has 0 heterocycles. The van der Waals surface area contributed by atoms with E-state index in [1.807, 2.05) is 14.1 Å². The Morgan fingerprint density at radius 1 is 1.09 bits per heavy atom. The van der Waals surface area contributed by atoms with E-state index in [0.29, 0.717) is 0 Å². The molecule has 0 aromatic heterocycles. The van der Waals surface area contributed by atoms with Crippen molar-refractivity contribution in [2.75, 3.05) is 14.1 Å².